The number of halogens is 1. The molecular weight excluding hydrogens is 288 g/mol. The maximum absolute atomic E-state index is 11.8. The van der Waals surface area contributed by atoms with Crippen LogP contribution >= 0.6 is 11.6 Å². The second kappa shape index (κ2) is 7.66. The number of hydrogen-bond donors (Lipinski definition) is 2. The minimum Gasteiger partial charge on any atom is -0.483 e. The molecular formula is C16H23ClN2O2. The topological polar surface area (TPSA) is 50.4 Å². The molecule has 2 rings (SSSR count). The summed E-state index contributed by atoms with van der Waals surface area (Å²) in [6.07, 6.45) is 3.37. The molecule has 4 nitrogen and oxygen atoms in total. The van der Waals surface area contributed by atoms with Crippen molar-refractivity contribution in [2.45, 2.75) is 51.7 Å². The number of carbonyl (C=O) groups excluding carboxylic acids is 1. The maximum Gasteiger partial charge on any atom is 0.258 e. The fourth-order valence-electron chi connectivity index (χ4n) is 1.93. The number of benzene rings is 1. The van der Waals surface area contributed by atoms with Crippen LogP contribution in [0.15, 0.2) is 18.2 Å². The van der Waals surface area contributed by atoms with Crippen LogP contribution in [0.5, 0.6) is 5.75 Å². The zero-order chi connectivity index (χ0) is 15.2. The van der Waals surface area contributed by atoms with Gasteiger partial charge in [0.25, 0.3) is 5.91 Å². The van der Waals surface area contributed by atoms with Crippen LogP contribution in [0, 0.1) is 0 Å². The predicted molar refractivity (Wildman–Crippen MR) is 84.7 cm³/mol. The van der Waals surface area contributed by atoms with Crippen LogP contribution in [0.1, 0.15) is 38.7 Å². The van der Waals surface area contributed by atoms with Crippen LogP contribution in [-0.2, 0) is 11.3 Å². The second-order valence-corrected chi connectivity index (χ2v) is 6.01. The van der Waals surface area contributed by atoms with E-state index in [0.717, 1.165) is 12.0 Å². The average molecular weight is 311 g/mol. The van der Waals surface area contributed by atoms with Crippen molar-refractivity contribution in [3.8, 4) is 5.75 Å². The number of rotatable bonds is 8. The highest BCUT2D eigenvalue weighted by atomic mass is 35.5. The van der Waals surface area contributed by atoms with Crippen LogP contribution in [0.2, 0.25) is 5.02 Å². The molecule has 21 heavy (non-hydrogen) atoms. The van der Waals surface area contributed by atoms with Gasteiger partial charge >= 0.3 is 0 Å². The molecule has 116 valence electrons. The first-order chi connectivity index (χ1) is 10.1. The highest BCUT2D eigenvalue weighted by molar-refractivity contribution is 6.30. The smallest absolute Gasteiger partial charge is 0.258 e. The third-order valence-electron chi connectivity index (χ3n) is 3.56. The molecule has 1 aromatic rings. The van der Waals surface area contributed by atoms with Gasteiger partial charge in [-0.25, -0.2) is 0 Å². The number of amides is 1. The Morgan fingerprint density at radius 2 is 2.24 bits per heavy atom. The molecule has 1 aliphatic rings. The molecule has 1 unspecified atom stereocenters. The summed E-state index contributed by atoms with van der Waals surface area (Å²) in [6, 6.07) is 6.28. The molecule has 0 bridgehead atoms. The van der Waals surface area contributed by atoms with E-state index in [4.69, 9.17) is 16.3 Å². The van der Waals surface area contributed by atoms with Gasteiger partial charge in [-0.3, -0.25) is 4.79 Å². The highest BCUT2D eigenvalue weighted by Gasteiger charge is 2.20. The second-order valence-electron chi connectivity index (χ2n) is 5.57. The quantitative estimate of drug-likeness (QED) is 0.776. The lowest BCUT2D eigenvalue weighted by Crippen LogP contribution is -2.35. The van der Waals surface area contributed by atoms with E-state index in [1.54, 1.807) is 6.07 Å². The van der Waals surface area contributed by atoms with Crippen molar-refractivity contribution in [2.75, 3.05) is 6.61 Å². The number of nitrogens with one attached hydrogen (secondary N) is 2. The molecule has 0 spiro atoms. The molecule has 1 atom stereocenters. The Morgan fingerprint density at radius 3 is 2.90 bits per heavy atom. The van der Waals surface area contributed by atoms with Crippen molar-refractivity contribution in [3.05, 3.63) is 28.8 Å². The number of hydrogen-bond acceptors (Lipinski definition) is 3. The standard InChI is InChI=1S/C16H23ClN2O2/c1-3-11(2)19-16(20)10-21-15-7-4-13(17)8-12(15)9-18-14-5-6-14/h4,7-8,11,14,18H,3,5-6,9-10H2,1-2H3,(H,19,20). The lowest BCUT2D eigenvalue weighted by molar-refractivity contribution is -0.123. The van der Waals surface area contributed by atoms with Crippen LogP contribution in [0.3, 0.4) is 0 Å². The third-order valence-corrected chi connectivity index (χ3v) is 3.79. The first-order valence-corrected chi connectivity index (χ1v) is 7.90. The lowest BCUT2D eigenvalue weighted by atomic mass is 10.2. The first-order valence-electron chi connectivity index (χ1n) is 7.52. The molecule has 0 radical (unpaired) electrons. The zero-order valence-corrected chi connectivity index (χ0v) is 13.4. The van der Waals surface area contributed by atoms with Gasteiger partial charge in [-0.2, -0.15) is 0 Å². The van der Waals surface area contributed by atoms with Gasteiger partial charge in [0.15, 0.2) is 6.61 Å². The van der Waals surface area contributed by atoms with E-state index < -0.39 is 0 Å². The fraction of sp³-hybridized carbons (Fsp3) is 0.562. The van der Waals surface area contributed by atoms with Crippen molar-refractivity contribution < 1.29 is 9.53 Å². The average Bonchev–Trinajstić information content (AvgIpc) is 3.28. The van der Waals surface area contributed by atoms with Gasteiger partial charge in [-0.15, -0.1) is 0 Å². The van der Waals surface area contributed by atoms with E-state index in [1.165, 1.54) is 12.8 Å². The molecule has 1 amide bonds. The van der Waals surface area contributed by atoms with Gasteiger partial charge in [0.2, 0.25) is 0 Å². The predicted octanol–water partition coefficient (Wildman–Crippen LogP) is 2.89. The Morgan fingerprint density at radius 1 is 1.48 bits per heavy atom. The SMILES string of the molecule is CCC(C)NC(=O)COc1ccc(Cl)cc1CNC1CC1. The number of carbonyl (C=O) groups is 1. The van der Waals surface area contributed by atoms with Crippen LogP contribution in [-0.4, -0.2) is 24.6 Å². The van der Waals surface area contributed by atoms with Crippen molar-refractivity contribution in [1.29, 1.82) is 0 Å². The molecule has 2 N–H and O–H groups in total. The van der Waals surface area contributed by atoms with Crippen molar-refractivity contribution in [1.82, 2.24) is 10.6 Å². The third kappa shape index (κ3) is 5.56. The summed E-state index contributed by atoms with van der Waals surface area (Å²) in [5.41, 5.74) is 0.991. The highest BCUT2D eigenvalue weighted by Crippen LogP contribution is 2.25. The Balaban J connectivity index is 1.89. The molecule has 1 fully saturated rings. The Bertz CT molecular complexity index is 489. The van der Waals surface area contributed by atoms with Crippen LogP contribution in [0.4, 0.5) is 0 Å². The summed E-state index contributed by atoms with van der Waals surface area (Å²) < 4.78 is 5.64. The molecule has 1 saturated carbocycles. The molecule has 1 aromatic carbocycles. The van der Waals surface area contributed by atoms with Crippen molar-refractivity contribution >= 4 is 17.5 Å². The van der Waals surface area contributed by atoms with Crippen LogP contribution in [0.25, 0.3) is 0 Å². The fourth-order valence-corrected chi connectivity index (χ4v) is 2.13. The molecule has 0 aliphatic heterocycles. The molecule has 0 aromatic heterocycles. The van der Waals surface area contributed by atoms with Gasteiger partial charge < -0.3 is 15.4 Å². The van der Waals surface area contributed by atoms with Gasteiger partial charge in [-0.1, -0.05) is 18.5 Å². The molecule has 0 saturated heterocycles. The summed E-state index contributed by atoms with van der Waals surface area (Å²) in [5, 5.41) is 7.00. The van der Waals surface area contributed by atoms with E-state index >= 15 is 0 Å². The summed E-state index contributed by atoms with van der Waals surface area (Å²) in [7, 11) is 0. The zero-order valence-electron chi connectivity index (χ0n) is 12.6. The first kappa shape index (κ1) is 16.1. The Labute approximate surface area is 131 Å². The van der Waals surface area contributed by atoms with Gasteiger partial charge in [-0.05, 0) is 44.4 Å². The number of ether oxygens (including phenoxy) is 1. The monoisotopic (exact) mass is 310 g/mol. The Kier molecular flexibility index (Phi) is 5.88. The summed E-state index contributed by atoms with van der Waals surface area (Å²) in [4.78, 5) is 11.8. The van der Waals surface area contributed by atoms with E-state index in [9.17, 15) is 4.79 Å². The summed E-state index contributed by atoms with van der Waals surface area (Å²) in [5.74, 6) is 0.618. The molecule has 0 heterocycles. The minimum atomic E-state index is -0.0968. The molecule has 5 heteroatoms. The maximum atomic E-state index is 11.8. The van der Waals surface area contributed by atoms with E-state index in [0.29, 0.717) is 23.4 Å². The van der Waals surface area contributed by atoms with Crippen molar-refractivity contribution in [2.24, 2.45) is 0 Å². The molecule has 1 aliphatic carbocycles. The lowest BCUT2D eigenvalue weighted by Gasteiger charge is -2.14. The summed E-state index contributed by atoms with van der Waals surface area (Å²) in [6.45, 7) is 4.76. The van der Waals surface area contributed by atoms with E-state index in [2.05, 4.69) is 10.6 Å². The van der Waals surface area contributed by atoms with Crippen molar-refractivity contribution in [3.63, 3.8) is 0 Å². The van der Waals surface area contributed by atoms with E-state index in [1.807, 2.05) is 26.0 Å². The van der Waals surface area contributed by atoms with Gasteiger partial charge in [0.05, 0.1) is 0 Å². The summed E-state index contributed by atoms with van der Waals surface area (Å²) >= 11 is 6.04. The van der Waals surface area contributed by atoms with Gasteiger partial charge in [0, 0.05) is 29.2 Å². The normalized spacial score (nSPS) is 15.6. The van der Waals surface area contributed by atoms with E-state index in [-0.39, 0.29) is 18.6 Å². The largest absolute Gasteiger partial charge is 0.483 e. The minimum absolute atomic E-state index is 0.0302. The Hall–Kier alpha value is -1.26. The van der Waals surface area contributed by atoms with Gasteiger partial charge in [0.1, 0.15) is 5.75 Å². The van der Waals surface area contributed by atoms with Crippen LogP contribution < -0.4 is 15.4 Å².